The van der Waals surface area contributed by atoms with Crippen molar-refractivity contribution in [2.24, 2.45) is 5.73 Å². The molecule has 0 radical (unpaired) electrons. The molecule has 8 nitrogen and oxygen atoms in total. The van der Waals surface area contributed by atoms with E-state index in [2.05, 4.69) is 15.6 Å². The van der Waals surface area contributed by atoms with Gasteiger partial charge in [-0.2, -0.15) is 0 Å². The van der Waals surface area contributed by atoms with Crippen molar-refractivity contribution in [3.05, 3.63) is 63.7 Å². The lowest BCUT2D eigenvalue weighted by Gasteiger charge is -2.17. The maximum atomic E-state index is 13.2. The van der Waals surface area contributed by atoms with E-state index >= 15 is 0 Å². The molecule has 0 saturated heterocycles. The first kappa shape index (κ1) is 20.8. The number of anilines is 1. The summed E-state index contributed by atoms with van der Waals surface area (Å²) in [5.41, 5.74) is 7.16. The summed E-state index contributed by atoms with van der Waals surface area (Å²) >= 11 is 6.24. The van der Waals surface area contributed by atoms with Crippen LogP contribution in [0.3, 0.4) is 0 Å². The number of amides is 2. The van der Waals surface area contributed by atoms with E-state index in [9.17, 15) is 14.7 Å². The van der Waals surface area contributed by atoms with E-state index in [1.54, 1.807) is 56.3 Å². The highest BCUT2D eigenvalue weighted by Crippen LogP contribution is 2.23. The molecular formula is C20H22ClN5O3. The van der Waals surface area contributed by atoms with Gasteiger partial charge >= 0.3 is 6.03 Å². The molecule has 3 aromatic rings. The summed E-state index contributed by atoms with van der Waals surface area (Å²) in [4.78, 5) is 29.8. The molecule has 0 aliphatic carbocycles. The predicted octanol–water partition coefficient (Wildman–Crippen LogP) is 2.56. The molecule has 0 aliphatic heterocycles. The van der Waals surface area contributed by atoms with E-state index in [1.807, 2.05) is 0 Å². The van der Waals surface area contributed by atoms with Crippen LogP contribution in [0.15, 0.2) is 47.3 Å². The first-order chi connectivity index (χ1) is 13.8. The lowest BCUT2D eigenvalue weighted by molar-refractivity contribution is 0.190. The second kappa shape index (κ2) is 8.60. The number of aliphatic hydroxyl groups excluding tert-OH is 1. The number of fused-ring (bicyclic) bond motifs is 1. The van der Waals surface area contributed by atoms with Crippen LogP contribution in [0.25, 0.3) is 16.6 Å². The second-order valence-corrected chi connectivity index (χ2v) is 7.17. The Morgan fingerprint density at radius 3 is 2.69 bits per heavy atom. The van der Waals surface area contributed by atoms with E-state index in [0.717, 1.165) is 0 Å². The average molecular weight is 416 g/mol. The monoisotopic (exact) mass is 415 g/mol. The van der Waals surface area contributed by atoms with Crippen LogP contribution < -0.4 is 21.9 Å². The van der Waals surface area contributed by atoms with Gasteiger partial charge in [-0.25, -0.2) is 9.78 Å². The molecule has 2 aromatic carbocycles. The maximum Gasteiger partial charge on any atom is 0.319 e. The van der Waals surface area contributed by atoms with E-state index in [-0.39, 0.29) is 12.1 Å². The van der Waals surface area contributed by atoms with Gasteiger partial charge < -0.3 is 21.5 Å². The van der Waals surface area contributed by atoms with E-state index in [1.165, 1.54) is 4.57 Å². The van der Waals surface area contributed by atoms with Crippen LogP contribution in [-0.4, -0.2) is 33.3 Å². The van der Waals surface area contributed by atoms with Crippen molar-refractivity contribution in [3.8, 4) is 5.69 Å². The van der Waals surface area contributed by atoms with Crippen molar-refractivity contribution >= 4 is 34.2 Å². The minimum absolute atomic E-state index is 0.118. The van der Waals surface area contributed by atoms with Gasteiger partial charge in [-0.3, -0.25) is 9.36 Å². The molecule has 3 rings (SSSR count). The number of carbonyl (C=O) groups is 1. The molecule has 0 saturated carbocycles. The predicted molar refractivity (Wildman–Crippen MR) is 114 cm³/mol. The third kappa shape index (κ3) is 4.56. The largest absolute Gasteiger partial charge is 0.392 e. The van der Waals surface area contributed by atoms with Gasteiger partial charge in [0.05, 0.1) is 33.8 Å². The molecule has 0 aliphatic rings. The average Bonchev–Trinajstić information content (AvgIpc) is 2.66. The highest BCUT2D eigenvalue weighted by Gasteiger charge is 2.17. The Morgan fingerprint density at radius 1 is 1.28 bits per heavy atom. The van der Waals surface area contributed by atoms with Gasteiger partial charge in [0.2, 0.25) is 0 Å². The molecule has 2 atom stereocenters. The number of nitrogens with two attached hydrogens (primary N) is 1. The minimum atomic E-state index is -0.660. The smallest absolute Gasteiger partial charge is 0.319 e. The molecule has 0 fully saturated rings. The topological polar surface area (TPSA) is 122 Å². The number of hydrogen-bond acceptors (Lipinski definition) is 5. The highest BCUT2D eigenvalue weighted by molar-refractivity contribution is 6.35. The zero-order valence-electron chi connectivity index (χ0n) is 16.0. The van der Waals surface area contributed by atoms with Crippen molar-refractivity contribution < 1.29 is 9.90 Å². The van der Waals surface area contributed by atoms with Crippen LogP contribution >= 0.6 is 11.6 Å². The van der Waals surface area contributed by atoms with Gasteiger partial charge in [0.1, 0.15) is 5.82 Å². The number of hydrogen-bond donors (Lipinski definition) is 4. The number of halogens is 1. The Labute approximate surface area is 172 Å². The molecular weight excluding hydrogens is 394 g/mol. The highest BCUT2D eigenvalue weighted by atomic mass is 35.5. The van der Waals surface area contributed by atoms with Gasteiger partial charge in [-0.05, 0) is 44.2 Å². The van der Waals surface area contributed by atoms with Crippen LogP contribution in [0.5, 0.6) is 0 Å². The van der Waals surface area contributed by atoms with E-state index in [0.29, 0.717) is 33.1 Å². The summed E-state index contributed by atoms with van der Waals surface area (Å²) < 4.78 is 1.40. The normalized spacial score (nSPS) is 13.1. The number of carbonyl (C=O) groups excluding carboxylic acids is 1. The quantitative estimate of drug-likeness (QED) is 0.510. The molecule has 9 heteroatoms. The zero-order valence-corrected chi connectivity index (χ0v) is 16.8. The van der Waals surface area contributed by atoms with E-state index in [4.69, 9.17) is 17.3 Å². The third-order valence-electron chi connectivity index (χ3n) is 4.20. The van der Waals surface area contributed by atoms with Gasteiger partial charge in [0.15, 0.2) is 0 Å². The fraction of sp³-hybridized carbons (Fsp3) is 0.250. The van der Waals surface area contributed by atoms with Gasteiger partial charge in [-0.1, -0.05) is 23.7 Å². The number of benzene rings is 2. The van der Waals surface area contributed by atoms with Crippen molar-refractivity contribution in [3.63, 3.8) is 0 Å². The SMILES string of the molecule is CC(O)CNC(=O)Nc1cccc(-n2c([C@H](C)N)nc3cccc(Cl)c3c2=O)c1. The molecule has 152 valence electrons. The minimum Gasteiger partial charge on any atom is -0.392 e. The van der Waals surface area contributed by atoms with Gasteiger partial charge in [0, 0.05) is 12.2 Å². The van der Waals surface area contributed by atoms with Crippen LogP contribution in [0, 0.1) is 0 Å². The first-order valence-electron chi connectivity index (χ1n) is 9.08. The Morgan fingerprint density at radius 2 is 2.00 bits per heavy atom. The fourth-order valence-corrected chi connectivity index (χ4v) is 3.15. The van der Waals surface area contributed by atoms with Crippen LogP contribution in [0.4, 0.5) is 10.5 Å². The molecule has 1 unspecified atom stereocenters. The first-order valence-corrected chi connectivity index (χ1v) is 9.46. The summed E-state index contributed by atoms with van der Waals surface area (Å²) in [7, 11) is 0. The Bertz CT molecular complexity index is 1110. The summed E-state index contributed by atoms with van der Waals surface area (Å²) in [6.07, 6.45) is -0.660. The lowest BCUT2D eigenvalue weighted by Crippen LogP contribution is -2.34. The van der Waals surface area contributed by atoms with Crippen LogP contribution in [-0.2, 0) is 0 Å². The standard InChI is InChI=1S/C20H22ClN5O3/c1-11(27)10-23-20(29)24-13-5-3-6-14(9-13)26-18(12(2)22)25-16-8-4-7-15(21)17(16)19(26)28/h3-9,11-12,27H,10,22H2,1-2H3,(H2,23,24,29)/t11?,12-/m0/s1. The van der Waals surface area contributed by atoms with E-state index < -0.39 is 18.2 Å². The van der Waals surface area contributed by atoms with Crippen LogP contribution in [0.2, 0.25) is 5.02 Å². The fourth-order valence-electron chi connectivity index (χ4n) is 2.90. The molecule has 1 heterocycles. The van der Waals surface area contributed by atoms with Crippen molar-refractivity contribution in [2.45, 2.75) is 26.0 Å². The molecule has 1 aromatic heterocycles. The number of nitrogens with one attached hydrogen (secondary N) is 2. The number of aliphatic hydroxyl groups is 1. The molecule has 2 amide bonds. The maximum absolute atomic E-state index is 13.2. The summed E-state index contributed by atoms with van der Waals surface area (Å²) in [6.45, 7) is 3.42. The third-order valence-corrected chi connectivity index (χ3v) is 4.52. The Kier molecular flexibility index (Phi) is 6.17. The van der Waals surface area contributed by atoms with Gasteiger partial charge in [0.25, 0.3) is 5.56 Å². The van der Waals surface area contributed by atoms with Crippen molar-refractivity contribution in [2.75, 3.05) is 11.9 Å². The number of nitrogens with zero attached hydrogens (tertiary/aromatic N) is 2. The summed E-state index contributed by atoms with van der Waals surface area (Å²) in [6, 6.07) is 10.8. The summed E-state index contributed by atoms with van der Waals surface area (Å²) in [5, 5.41) is 15.1. The van der Waals surface area contributed by atoms with Crippen molar-refractivity contribution in [1.82, 2.24) is 14.9 Å². The lowest BCUT2D eigenvalue weighted by atomic mass is 10.2. The molecule has 0 bridgehead atoms. The Hall–Kier alpha value is -2.94. The molecule has 5 N–H and O–H groups in total. The van der Waals surface area contributed by atoms with Crippen LogP contribution in [0.1, 0.15) is 25.7 Å². The second-order valence-electron chi connectivity index (χ2n) is 6.77. The molecule has 0 spiro atoms. The number of rotatable bonds is 5. The van der Waals surface area contributed by atoms with Crippen molar-refractivity contribution in [1.29, 1.82) is 0 Å². The number of urea groups is 1. The summed E-state index contributed by atoms with van der Waals surface area (Å²) in [5.74, 6) is 0.375. The molecule has 29 heavy (non-hydrogen) atoms. The Balaban J connectivity index is 2.07. The zero-order chi connectivity index (χ0) is 21.1. The van der Waals surface area contributed by atoms with Gasteiger partial charge in [-0.15, -0.1) is 0 Å². The number of aromatic nitrogens is 2.